The normalized spacial score (nSPS) is 10.2. The van der Waals surface area contributed by atoms with Crippen molar-refractivity contribution < 1.29 is 9.53 Å². The number of hydrogen-bond donors (Lipinski definition) is 0. The largest absolute Gasteiger partial charge is 0.486 e. The summed E-state index contributed by atoms with van der Waals surface area (Å²) in [5.41, 5.74) is 5.61. The average Bonchev–Trinajstić information content (AvgIpc) is 2.53. The van der Waals surface area contributed by atoms with E-state index in [4.69, 9.17) is 17.0 Å². The Morgan fingerprint density at radius 3 is 2.67 bits per heavy atom. The van der Waals surface area contributed by atoms with E-state index in [9.17, 15) is 4.79 Å². The van der Waals surface area contributed by atoms with Crippen LogP contribution in [0.5, 0.6) is 0 Å². The summed E-state index contributed by atoms with van der Waals surface area (Å²) in [6.45, 7) is 4.09. The summed E-state index contributed by atoms with van der Waals surface area (Å²) in [6.07, 6.45) is 1.80. The zero-order chi connectivity index (χ0) is 15.4. The molecule has 0 unspecified atom stereocenters. The number of carbonyl (C=O) groups is 1. The highest BCUT2D eigenvalue weighted by Crippen LogP contribution is 2.31. The molecule has 0 amide bonds. The van der Waals surface area contributed by atoms with Crippen LogP contribution in [0.1, 0.15) is 34.0 Å². The Labute approximate surface area is 130 Å². The monoisotopic (exact) mass is 298 g/mol. The molecule has 0 radical (unpaired) electrons. The lowest BCUT2D eigenvalue weighted by molar-refractivity contribution is 0.112. The molecule has 0 saturated carbocycles. The minimum Gasteiger partial charge on any atom is -0.486 e. The maximum atomic E-state index is 11.5. The van der Waals surface area contributed by atoms with Crippen molar-refractivity contribution in [2.45, 2.75) is 20.3 Å². The highest BCUT2D eigenvalue weighted by molar-refractivity contribution is 7.80. The first kappa shape index (κ1) is 15.4. The van der Waals surface area contributed by atoms with Crippen molar-refractivity contribution >= 4 is 23.6 Å². The summed E-state index contributed by atoms with van der Waals surface area (Å²) in [6, 6.07) is 11.9. The van der Waals surface area contributed by atoms with Gasteiger partial charge in [0.25, 0.3) is 0 Å². The molecule has 2 aromatic carbocycles. The lowest BCUT2D eigenvalue weighted by atomic mass is 9.91. The van der Waals surface area contributed by atoms with Crippen LogP contribution in [-0.2, 0) is 11.2 Å². The molecule has 0 aromatic heterocycles. The van der Waals surface area contributed by atoms with Gasteiger partial charge in [0.1, 0.15) is 0 Å². The molecular weight excluding hydrogens is 280 g/mol. The van der Waals surface area contributed by atoms with Crippen molar-refractivity contribution in [3.8, 4) is 11.1 Å². The SMILES string of the molecule is CCc1ccc(-c2c(C)cccc2C(=S)OC)c(C=O)c1. The minimum absolute atomic E-state index is 0.435. The molecule has 0 bridgehead atoms. The molecule has 108 valence electrons. The minimum atomic E-state index is 0.435. The first-order valence-electron chi connectivity index (χ1n) is 6.88. The van der Waals surface area contributed by atoms with Crippen LogP contribution in [0, 0.1) is 6.92 Å². The van der Waals surface area contributed by atoms with Crippen molar-refractivity contribution in [2.75, 3.05) is 7.11 Å². The summed E-state index contributed by atoms with van der Waals surface area (Å²) in [4.78, 5) is 11.5. The Hall–Kier alpha value is -2.00. The van der Waals surface area contributed by atoms with Gasteiger partial charge in [-0.2, -0.15) is 0 Å². The molecule has 2 nitrogen and oxygen atoms in total. The second-order valence-electron chi connectivity index (χ2n) is 4.88. The van der Waals surface area contributed by atoms with Crippen LogP contribution >= 0.6 is 12.2 Å². The fourth-order valence-electron chi connectivity index (χ4n) is 2.46. The molecule has 3 heteroatoms. The summed E-state index contributed by atoms with van der Waals surface area (Å²) in [5, 5.41) is 0.435. The van der Waals surface area contributed by atoms with Crippen LogP contribution < -0.4 is 0 Å². The van der Waals surface area contributed by atoms with Gasteiger partial charge in [-0.25, -0.2) is 0 Å². The van der Waals surface area contributed by atoms with Gasteiger partial charge >= 0.3 is 0 Å². The molecule has 0 fully saturated rings. The molecule has 0 saturated heterocycles. The summed E-state index contributed by atoms with van der Waals surface area (Å²) < 4.78 is 5.21. The van der Waals surface area contributed by atoms with E-state index in [0.29, 0.717) is 10.6 Å². The standard InChI is InChI=1S/C18H18O2S/c1-4-13-8-9-15(14(10-13)11-19)17-12(2)6-5-7-16(17)18(21)20-3/h5-11H,4H2,1-3H3. The molecule has 2 aromatic rings. The zero-order valence-electron chi connectivity index (χ0n) is 12.5. The van der Waals surface area contributed by atoms with E-state index in [0.717, 1.165) is 40.5 Å². The Morgan fingerprint density at radius 1 is 1.29 bits per heavy atom. The van der Waals surface area contributed by atoms with E-state index in [1.165, 1.54) is 0 Å². The number of aryl methyl sites for hydroxylation is 2. The van der Waals surface area contributed by atoms with Gasteiger partial charge in [0.05, 0.1) is 7.11 Å². The number of aldehydes is 1. The molecule has 0 heterocycles. The van der Waals surface area contributed by atoms with E-state index < -0.39 is 0 Å². The van der Waals surface area contributed by atoms with Crippen molar-refractivity contribution in [1.29, 1.82) is 0 Å². The number of benzene rings is 2. The molecule has 0 aliphatic carbocycles. The van der Waals surface area contributed by atoms with Crippen molar-refractivity contribution in [2.24, 2.45) is 0 Å². The van der Waals surface area contributed by atoms with Crippen molar-refractivity contribution in [1.82, 2.24) is 0 Å². The van der Waals surface area contributed by atoms with Crippen LogP contribution in [0.15, 0.2) is 36.4 Å². The second-order valence-corrected chi connectivity index (χ2v) is 5.25. The second kappa shape index (κ2) is 6.64. The molecule has 2 rings (SSSR count). The third-order valence-corrected chi connectivity index (χ3v) is 3.99. The zero-order valence-corrected chi connectivity index (χ0v) is 13.3. The Bertz CT molecular complexity index is 690. The summed E-state index contributed by atoms with van der Waals surface area (Å²) in [7, 11) is 1.56. The van der Waals surface area contributed by atoms with Gasteiger partial charge in [-0.15, -0.1) is 0 Å². The van der Waals surface area contributed by atoms with Crippen LogP contribution in [0.3, 0.4) is 0 Å². The van der Waals surface area contributed by atoms with Gasteiger partial charge in [-0.1, -0.05) is 31.2 Å². The Kier molecular flexibility index (Phi) is 4.86. The highest BCUT2D eigenvalue weighted by atomic mass is 32.1. The van der Waals surface area contributed by atoms with E-state index >= 15 is 0 Å². The smallest absolute Gasteiger partial charge is 0.191 e. The van der Waals surface area contributed by atoms with Crippen LogP contribution in [0.4, 0.5) is 0 Å². The lowest BCUT2D eigenvalue weighted by Gasteiger charge is -2.15. The Balaban J connectivity index is 2.72. The molecule has 0 N–H and O–H groups in total. The first-order chi connectivity index (χ1) is 10.1. The van der Waals surface area contributed by atoms with Crippen LogP contribution in [0.25, 0.3) is 11.1 Å². The topological polar surface area (TPSA) is 26.3 Å². The molecule has 0 spiro atoms. The van der Waals surface area contributed by atoms with Gasteiger partial charge in [0.15, 0.2) is 11.3 Å². The molecule has 0 atom stereocenters. The number of hydrogen-bond acceptors (Lipinski definition) is 3. The van der Waals surface area contributed by atoms with Crippen molar-refractivity contribution in [3.63, 3.8) is 0 Å². The van der Waals surface area contributed by atoms with Crippen molar-refractivity contribution in [3.05, 3.63) is 58.7 Å². The molecule has 0 aliphatic heterocycles. The van der Waals surface area contributed by atoms with Crippen LogP contribution in [0.2, 0.25) is 0 Å². The predicted molar refractivity (Wildman–Crippen MR) is 90.1 cm³/mol. The molecule has 21 heavy (non-hydrogen) atoms. The highest BCUT2D eigenvalue weighted by Gasteiger charge is 2.15. The summed E-state index contributed by atoms with van der Waals surface area (Å²) in [5.74, 6) is 0. The third-order valence-electron chi connectivity index (χ3n) is 3.60. The fraction of sp³-hybridized carbons (Fsp3) is 0.222. The maximum absolute atomic E-state index is 11.5. The van der Waals surface area contributed by atoms with Gasteiger partial charge in [-0.3, -0.25) is 4.79 Å². The van der Waals surface area contributed by atoms with Crippen LogP contribution in [-0.4, -0.2) is 18.4 Å². The number of rotatable bonds is 4. The van der Waals surface area contributed by atoms with E-state index in [1.54, 1.807) is 7.11 Å². The fourth-order valence-corrected chi connectivity index (χ4v) is 2.63. The first-order valence-corrected chi connectivity index (χ1v) is 7.29. The molecular formula is C18H18O2S. The molecule has 0 aliphatic rings. The van der Waals surface area contributed by atoms with Gasteiger partial charge in [0.2, 0.25) is 0 Å². The van der Waals surface area contributed by atoms with E-state index in [-0.39, 0.29) is 0 Å². The average molecular weight is 298 g/mol. The van der Waals surface area contributed by atoms with E-state index in [2.05, 4.69) is 13.0 Å². The number of carbonyl (C=O) groups excluding carboxylic acids is 1. The predicted octanol–water partition coefficient (Wildman–Crippen LogP) is 4.36. The van der Waals surface area contributed by atoms with E-state index in [1.807, 2.05) is 37.3 Å². The van der Waals surface area contributed by atoms with Gasteiger partial charge in [-0.05, 0) is 59.9 Å². The van der Waals surface area contributed by atoms with Gasteiger partial charge < -0.3 is 4.74 Å². The number of ether oxygens (including phenoxy) is 1. The number of thiocarbonyl (C=S) groups is 1. The maximum Gasteiger partial charge on any atom is 0.191 e. The quantitative estimate of drug-likeness (QED) is 0.620. The lowest BCUT2D eigenvalue weighted by Crippen LogP contribution is -2.04. The summed E-state index contributed by atoms with van der Waals surface area (Å²) >= 11 is 5.29. The van der Waals surface area contributed by atoms with Gasteiger partial charge in [0, 0.05) is 11.1 Å². The Morgan fingerprint density at radius 2 is 2.05 bits per heavy atom. The third kappa shape index (κ3) is 3.03. The number of methoxy groups -OCH3 is 1.